The SMILES string of the molecule is CC(=O)c1ccc(Oc2ccc(C(C)(C)c3ccc(OC4CC(Nc5ccc6c(c5)C(=O)N(C5CCC(=O)NC5=O)C6=O)C4)cc3)cc2)cn1. The molecule has 4 aromatic rings. The number of amides is 4. The predicted molar refractivity (Wildman–Crippen MR) is 184 cm³/mol. The van der Waals surface area contributed by atoms with Gasteiger partial charge < -0.3 is 14.8 Å². The number of aromatic nitrogens is 1. The number of anilines is 1. The van der Waals surface area contributed by atoms with Gasteiger partial charge in [-0.2, -0.15) is 0 Å². The van der Waals surface area contributed by atoms with Gasteiger partial charge in [-0.15, -0.1) is 0 Å². The molecular weight excluding hydrogens is 636 g/mol. The fourth-order valence-electron chi connectivity index (χ4n) is 6.61. The van der Waals surface area contributed by atoms with Crippen molar-refractivity contribution in [2.75, 3.05) is 5.32 Å². The first-order valence-corrected chi connectivity index (χ1v) is 16.6. The van der Waals surface area contributed by atoms with Crippen molar-refractivity contribution < 1.29 is 33.4 Å². The third-order valence-corrected chi connectivity index (χ3v) is 9.69. The lowest BCUT2D eigenvalue weighted by Gasteiger charge is -2.36. The van der Waals surface area contributed by atoms with Gasteiger partial charge in [0.05, 0.1) is 17.3 Å². The van der Waals surface area contributed by atoms with E-state index in [-0.39, 0.29) is 47.3 Å². The largest absolute Gasteiger partial charge is 0.490 e. The number of Topliss-reactive ketones (excluding diaryl/α,β-unsaturated/α-hetero) is 1. The van der Waals surface area contributed by atoms with E-state index in [0.29, 0.717) is 22.9 Å². The number of carbonyl (C=O) groups excluding carboxylic acids is 5. The van der Waals surface area contributed by atoms with Crippen LogP contribution in [0.15, 0.2) is 85.1 Å². The zero-order valence-corrected chi connectivity index (χ0v) is 27.9. The molecule has 1 unspecified atom stereocenters. The molecule has 3 heterocycles. The molecule has 0 radical (unpaired) electrons. The van der Waals surface area contributed by atoms with E-state index in [9.17, 15) is 24.0 Å². The third-order valence-electron chi connectivity index (χ3n) is 9.69. The number of ketones is 1. The normalized spacial score (nSPS) is 20.1. The van der Waals surface area contributed by atoms with Crippen LogP contribution in [0.3, 0.4) is 0 Å². The number of imide groups is 2. The molecule has 11 nitrogen and oxygen atoms in total. The van der Waals surface area contributed by atoms with E-state index in [0.717, 1.165) is 34.6 Å². The summed E-state index contributed by atoms with van der Waals surface area (Å²) in [5, 5.41) is 5.64. The van der Waals surface area contributed by atoms with Gasteiger partial charge in [-0.3, -0.25) is 34.2 Å². The molecule has 2 fully saturated rings. The van der Waals surface area contributed by atoms with E-state index in [4.69, 9.17) is 9.47 Å². The molecule has 1 saturated heterocycles. The molecule has 254 valence electrons. The fraction of sp³-hybridized carbons (Fsp3) is 0.282. The molecule has 2 N–H and O–H groups in total. The van der Waals surface area contributed by atoms with E-state index in [1.165, 1.54) is 6.92 Å². The Hall–Kier alpha value is -5.84. The van der Waals surface area contributed by atoms with Crippen LogP contribution in [-0.2, 0) is 15.0 Å². The minimum absolute atomic E-state index is 0.0356. The van der Waals surface area contributed by atoms with E-state index >= 15 is 0 Å². The van der Waals surface area contributed by atoms with Gasteiger partial charge in [-0.25, -0.2) is 4.98 Å². The molecule has 2 aliphatic heterocycles. The molecule has 3 aliphatic rings. The van der Waals surface area contributed by atoms with Crippen molar-refractivity contribution in [3.8, 4) is 17.2 Å². The number of nitrogens with one attached hydrogen (secondary N) is 2. The summed E-state index contributed by atoms with van der Waals surface area (Å²) >= 11 is 0. The monoisotopic (exact) mass is 672 g/mol. The Labute approximate surface area is 289 Å². The molecule has 3 aromatic carbocycles. The highest BCUT2D eigenvalue weighted by molar-refractivity contribution is 6.23. The lowest BCUT2D eigenvalue weighted by molar-refractivity contribution is -0.136. The number of ether oxygens (including phenoxy) is 2. The molecule has 0 spiro atoms. The number of rotatable bonds is 10. The zero-order valence-electron chi connectivity index (χ0n) is 27.9. The topological polar surface area (TPSA) is 144 Å². The van der Waals surface area contributed by atoms with Crippen LogP contribution < -0.4 is 20.1 Å². The highest BCUT2D eigenvalue weighted by atomic mass is 16.5. The minimum Gasteiger partial charge on any atom is -0.490 e. The van der Waals surface area contributed by atoms with Crippen LogP contribution in [0.4, 0.5) is 5.69 Å². The van der Waals surface area contributed by atoms with Gasteiger partial charge in [0.1, 0.15) is 35.1 Å². The first-order valence-electron chi connectivity index (χ1n) is 16.6. The number of hydrogen-bond donors (Lipinski definition) is 2. The van der Waals surface area contributed by atoms with Gasteiger partial charge in [0.15, 0.2) is 5.78 Å². The van der Waals surface area contributed by atoms with E-state index < -0.39 is 29.7 Å². The number of piperidine rings is 1. The summed E-state index contributed by atoms with van der Waals surface area (Å²) in [7, 11) is 0. The summed E-state index contributed by atoms with van der Waals surface area (Å²) in [6, 6.07) is 23.6. The minimum atomic E-state index is -0.989. The van der Waals surface area contributed by atoms with Crippen LogP contribution in [0.25, 0.3) is 0 Å². The van der Waals surface area contributed by atoms with Crippen molar-refractivity contribution in [1.82, 2.24) is 15.2 Å². The van der Waals surface area contributed by atoms with Gasteiger partial charge in [0.2, 0.25) is 11.8 Å². The highest BCUT2D eigenvalue weighted by Gasteiger charge is 2.44. The second-order valence-electron chi connectivity index (χ2n) is 13.5. The zero-order chi connectivity index (χ0) is 35.2. The lowest BCUT2D eigenvalue weighted by atomic mass is 9.78. The van der Waals surface area contributed by atoms with Crippen LogP contribution in [0, 0.1) is 0 Å². The number of nitrogens with zero attached hydrogens (tertiary/aromatic N) is 2. The average molecular weight is 673 g/mol. The van der Waals surface area contributed by atoms with Crippen molar-refractivity contribution in [3.63, 3.8) is 0 Å². The van der Waals surface area contributed by atoms with Gasteiger partial charge >= 0.3 is 0 Å². The van der Waals surface area contributed by atoms with Gasteiger partial charge in [-0.1, -0.05) is 38.1 Å². The summed E-state index contributed by atoms with van der Waals surface area (Å²) in [6.07, 6.45) is 3.32. The molecule has 50 heavy (non-hydrogen) atoms. The standard InChI is InChI=1S/C39H36N4O7/c1-22(44)33-15-13-29(21-40-33)49-27-9-4-23(5-10-27)39(2,3)24-6-11-28(12-7-24)50-30-18-26(19-30)41-25-8-14-31-32(20-25)38(48)43(37(31)47)34-16-17-35(45)42-36(34)46/h4-15,20-21,26,30,34,41H,16-19H2,1-3H3,(H,42,45,46). The molecule has 4 amide bonds. The summed E-state index contributed by atoms with van der Waals surface area (Å²) in [6.45, 7) is 5.81. The average Bonchev–Trinajstić information content (AvgIpc) is 3.32. The summed E-state index contributed by atoms with van der Waals surface area (Å²) < 4.78 is 12.2. The molecule has 7 rings (SSSR count). The molecule has 1 atom stereocenters. The third kappa shape index (κ3) is 6.34. The fourth-order valence-corrected chi connectivity index (χ4v) is 6.61. The van der Waals surface area contributed by atoms with Crippen LogP contribution in [0.2, 0.25) is 0 Å². The molecule has 1 aliphatic carbocycles. The number of benzene rings is 3. The summed E-state index contributed by atoms with van der Waals surface area (Å²) in [5.74, 6) is -0.146. The van der Waals surface area contributed by atoms with E-state index in [1.807, 2.05) is 36.4 Å². The Morgan fingerprint density at radius 3 is 2.10 bits per heavy atom. The first-order chi connectivity index (χ1) is 24.0. The van der Waals surface area contributed by atoms with Gasteiger partial charge in [0, 0.05) is 43.3 Å². The van der Waals surface area contributed by atoms with Crippen molar-refractivity contribution in [2.24, 2.45) is 0 Å². The van der Waals surface area contributed by atoms with Crippen LogP contribution in [0.5, 0.6) is 17.2 Å². The summed E-state index contributed by atoms with van der Waals surface area (Å²) in [4.78, 5) is 66.6. The molecule has 0 bridgehead atoms. The van der Waals surface area contributed by atoms with E-state index in [2.05, 4.69) is 41.6 Å². The number of hydrogen-bond acceptors (Lipinski definition) is 9. The quantitative estimate of drug-likeness (QED) is 0.157. The number of pyridine rings is 1. The number of fused-ring (bicyclic) bond motifs is 1. The van der Waals surface area contributed by atoms with Crippen molar-refractivity contribution in [2.45, 2.75) is 70.1 Å². The van der Waals surface area contributed by atoms with E-state index in [1.54, 1.807) is 36.5 Å². The van der Waals surface area contributed by atoms with Crippen LogP contribution in [-0.4, -0.2) is 57.5 Å². The van der Waals surface area contributed by atoms with Crippen LogP contribution >= 0.6 is 0 Å². The molecule has 1 saturated carbocycles. The Bertz CT molecular complexity index is 2000. The molecular formula is C39H36N4O7. The maximum Gasteiger partial charge on any atom is 0.262 e. The van der Waals surface area contributed by atoms with Crippen molar-refractivity contribution in [1.29, 1.82) is 0 Å². The maximum absolute atomic E-state index is 13.2. The predicted octanol–water partition coefficient (Wildman–Crippen LogP) is 5.83. The Balaban J connectivity index is 0.912. The lowest BCUT2D eigenvalue weighted by Crippen LogP contribution is -2.54. The van der Waals surface area contributed by atoms with Crippen molar-refractivity contribution in [3.05, 3.63) is 113 Å². The molecule has 1 aromatic heterocycles. The molecule has 11 heteroatoms. The Kier molecular flexibility index (Phi) is 8.43. The highest BCUT2D eigenvalue weighted by Crippen LogP contribution is 2.36. The Morgan fingerprint density at radius 1 is 0.840 bits per heavy atom. The Morgan fingerprint density at radius 2 is 1.48 bits per heavy atom. The smallest absolute Gasteiger partial charge is 0.262 e. The summed E-state index contributed by atoms with van der Waals surface area (Å²) in [5.41, 5.74) is 3.60. The van der Waals surface area contributed by atoms with Crippen molar-refractivity contribution >= 4 is 35.1 Å². The maximum atomic E-state index is 13.2. The van der Waals surface area contributed by atoms with Gasteiger partial charge in [-0.05, 0) is 72.1 Å². The second kappa shape index (κ2) is 12.9. The first kappa shape index (κ1) is 32.7. The number of carbonyl (C=O) groups is 5. The van der Waals surface area contributed by atoms with Gasteiger partial charge in [0.25, 0.3) is 11.8 Å². The van der Waals surface area contributed by atoms with Crippen LogP contribution in [0.1, 0.15) is 88.8 Å². The second-order valence-corrected chi connectivity index (χ2v) is 13.5.